The Morgan fingerprint density at radius 2 is 2.33 bits per heavy atom. The lowest BCUT2D eigenvalue weighted by atomic mass is 9.73. The molecule has 0 saturated heterocycles. The monoisotopic (exact) mass is 181 g/mol. The molecule has 0 bridgehead atoms. The minimum absolute atomic E-state index is 0.767. The van der Waals surface area contributed by atoms with Crippen LogP contribution in [0.3, 0.4) is 0 Å². The van der Waals surface area contributed by atoms with Gasteiger partial charge in [-0.15, -0.1) is 11.3 Å². The summed E-state index contributed by atoms with van der Waals surface area (Å²) in [4.78, 5) is 2.97. The number of hydrogen-bond donors (Lipinski definition) is 1. The molecule has 1 heterocycles. The second kappa shape index (κ2) is 3.19. The van der Waals surface area contributed by atoms with Crippen LogP contribution in [-0.4, -0.2) is 6.54 Å². The summed E-state index contributed by atoms with van der Waals surface area (Å²) in [6.45, 7) is 3.03. The molecule has 2 N–H and O–H groups in total. The molecule has 1 aliphatic carbocycles. The van der Waals surface area contributed by atoms with E-state index in [0.717, 1.165) is 18.4 Å². The molecule has 1 saturated carbocycles. The van der Waals surface area contributed by atoms with Crippen LogP contribution in [-0.2, 0) is 0 Å². The van der Waals surface area contributed by atoms with Gasteiger partial charge in [0.2, 0.25) is 0 Å². The fourth-order valence-corrected chi connectivity index (χ4v) is 2.98. The summed E-state index contributed by atoms with van der Waals surface area (Å²) in [6, 6.07) is 4.48. The van der Waals surface area contributed by atoms with Gasteiger partial charge < -0.3 is 5.73 Å². The lowest BCUT2D eigenvalue weighted by molar-refractivity contribution is 0.267. The minimum atomic E-state index is 0.767. The van der Waals surface area contributed by atoms with Gasteiger partial charge >= 0.3 is 0 Å². The van der Waals surface area contributed by atoms with E-state index < -0.39 is 0 Å². The van der Waals surface area contributed by atoms with E-state index in [-0.39, 0.29) is 0 Å². The highest BCUT2D eigenvalue weighted by Gasteiger charge is 2.31. The molecule has 2 unspecified atom stereocenters. The second-order valence-corrected chi connectivity index (χ2v) is 4.95. The fourth-order valence-electron chi connectivity index (χ4n) is 1.88. The van der Waals surface area contributed by atoms with Crippen molar-refractivity contribution >= 4 is 11.3 Å². The van der Waals surface area contributed by atoms with Crippen molar-refractivity contribution in [2.75, 3.05) is 6.54 Å². The lowest BCUT2D eigenvalue weighted by Gasteiger charge is -2.35. The third-order valence-corrected chi connectivity index (χ3v) is 3.98. The minimum Gasteiger partial charge on any atom is -0.330 e. The second-order valence-electron chi connectivity index (χ2n) is 3.63. The summed E-state index contributed by atoms with van der Waals surface area (Å²) < 4.78 is 0. The smallest absolute Gasteiger partial charge is 0.00822 e. The van der Waals surface area contributed by atoms with E-state index in [2.05, 4.69) is 19.1 Å². The zero-order valence-corrected chi connectivity index (χ0v) is 8.23. The Morgan fingerprint density at radius 1 is 1.50 bits per heavy atom. The van der Waals surface area contributed by atoms with Crippen LogP contribution in [0, 0.1) is 12.8 Å². The molecule has 12 heavy (non-hydrogen) atoms. The van der Waals surface area contributed by atoms with Gasteiger partial charge in [-0.1, -0.05) is 0 Å². The quantitative estimate of drug-likeness (QED) is 0.745. The highest BCUT2D eigenvalue weighted by Crippen LogP contribution is 2.44. The van der Waals surface area contributed by atoms with Crippen LogP contribution in [0.2, 0.25) is 0 Å². The average Bonchev–Trinajstić information content (AvgIpc) is 2.35. The van der Waals surface area contributed by atoms with Crippen molar-refractivity contribution in [3.63, 3.8) is 0 Å². The molecular formula is C10H15NS. The van der Waals surface area contributed by atoms with Crippen LogP contribution in [0.25, 0.3) is 0 Å². The summed E-state index contributed by atoms with van der Waals surface area (Å²) >= 11 is 1.94. The van der Waals surface area contributed by atoms with Crippen LogP contribution < -0.4 is 5.73 Å². The zero-order chi connectivity index (χ0) is 8.55. The normalized spacial score (nSPS) is 28.5. The van der Waals surface area contributed by atoms with Crippen molar-refractivity contribution in [1.82, 2.24) is 0 Å². The molecule has 1 aliphatic rings. The third kappa shape index (κ3) is 1.29. The Hall–Kier alpha value is -0.340. The van der Waals surface area contributed by atoms with Crippen molar-refractivity contribution in [2.45, 2.75) is 25.7 Å². The Labute approximate surface area is 77.6 Å². The first-order valence-electron chi connectivity index (χ1n) is 4.57. The maximum atomic E-state index is 5.67. The summed E-state index contributed by atoms with van der Waals surface area (Å²) in [6.07, 6.45) is 2.68. The third-order valence-electron chi connectivity index (χ3n) is 2.85. The van der Waals surface area contributed by atoms with E-state index in [1.165, 1.54) is 17.7 Å². The van der Waals surface area contributed by atoms with Crippen LogP contribution in [0.1, 0.15) is 28.5 Å². The molecule has 1 aromatic rings. The van der Waals surface area contributed by atoms with Gasteiger partial charge in [0, 0.05) is 9.75 Å². The molecule has 2 heteroatoms. The van der Waals surface area contributed by atoms with E-state index in [4.69, 9.17) is 5.73 Å². The van der Waals surface area contributed by atoms with Gasteiger partial charge in [-0.3, -0.25) is 0 Å². The predicted molar refractivity (Wildman–Crippen MR) is 53.6 cm³/mol. The van der Waals surface area contributed by atoms with Gasteiger partial charge in [0.05, 0.1) is 0 Å². The van der Waals surface area contributed by atoms with Gasteiger partial charge in [0.25, 0.3) is 0 Å². The highest BCUT2D eigenvalue weighted by atomic mass is 32.1. The molecule has 0 aliphatic heterocycles. The molecule has 2 atom stereocenters. The van der Waals surface area contributed by atoms with Crippen molar-refractivity contribution < 1.29 is 0 Å². The van der Waals surface area contributed by atoms with Crippen LogP contribution >= 0.6 is 11.3 Å². The summed E-state index contributed by atoms with van der Waals surface area (Å²) in [5.41, 5.74) is 5.67. The Balaban J connectivity index is 2.10. The molecule has 0 radical (unpaired) electrons. The summed E-state index contributed by atoms with van der Waals surface area (Å²) in [5.74, 6) is 1.55. The number of aryl methyl sites for hydroxylation is 1. The van der Waals surface area contributed by atoms with Crippen molar-refractivity contribution in [2.24, 2.45) is 11.7 Å². The largest absolute Gasteiger partial charge is 0.330 e. The summed E-state index contributed by atoms with van der Waals surface area (Å²) in [5, 5.41) is 0. The summed E-state index contributed by atoms with van der Waals surface area (Å²) in [7, 11) is 0. The zero-order valence-electron chi connectivity index (χ0n) is 7.42. The van der Waals surface area contributed by atoms with Gasteiger partial charge in [-0.05, 0) is 50.3 Å². The number of nitrogens with two attached hydrogens (primary N) is 1. The predicted octanol–water partition coefficient (Wildman–Crippen LogP) is 2.51. The lowest BCUT2D eigenvalue weighted by Crippen LogP contribution is -2.29. The molecule has 2 rings (SSSR count). The van der Waals surface area contributed by atoms with Gasteiger partial charge in [0.15, 0.2) is 0 Å². The SMILES string of the molecule is Cc1ccc(C2CCC2CN)s1. The molecule has 1 fully saturated rings. The molecule has 0 aromatic carbocycles. The first-order chi connectivity index (χ1) is 5.81. The maximum Gasteiger partial charge on any atom is 0.00822 e. The van der Waals surface area contributed by atoms with Crippen LogP contribution in [0.15, 0.2) is 12.1 Å². The molecule has 1 aromatic heterocycles. The van der Waals surface area contributed by atoms with Gasteiger partial charge in [-0.25, -0.2) is 0 Å². The average molecular weight is 181 g/mol. The van der Waals surface area contributed by atoms with Gasteiger partial charge in [0.1, 0.15) is 0 Å². The van der Waals surface area contributed by atoms with Crippen LogP contribution in [0.5, 0.6) is 0 Å². The first-order valence-corrected chi connectivity index (χ1v) is 5.39. The Bertz CT molecular complexity index is 265. The van der Waals surface area contributed by atoms with Gasteiger partial charge in [-0.2, -0.15) is 0 Å². The Kier molecular flexibility index (Phi) is 2.20. The van der Waals surface area contributed by atoms with E-state index in [1.54, 1.807) is 4.88 Å². The van der Waals surface area contributed by atoms with Crippen LogP contribution in [0.4, 0.5) is 0 Å². The van der Waals surface area contributed by atoms with Crippen molar-refractivity contribution in [3.05, 3.63) is 21.9 Å². The number of rotatable bonds is 2. The van der Waals surface area contributed by atoms with E-state index in [9.17, 15) is 0 Å². The van der Waals surface area contributed by atoms with Crippen molar-refractivity contribution in [3.8, 4) is 0 Å². The Morgan fingerprint density at radius 3 is 2.75 bits per heavy atom. The topological polar surface area (TPSA) is 26.0 Å². The molecule has 66 valence electrons. The fraction of sp³-hybridized carbons (Fsp3) is 0.600. The molecular weight excluding hydrogens is 166 g/mol. The number of thiophene rings is 1. The van der Waals surface area contributed by atoms with E-state index >= 15 is 0 Å². The maximum absolute atomic E-state index is 5.67. The van der Waals surface area contributed by atoms with Crippen molar-refractivity contribution in [1.29, 1.82) is 0 Å². The molecule has 0 amide bonds. The van der Waals surface area contributed by atoms with E-state index in [0.29, 0.717) is 0 Å². The number of hydrogen-bond acceptors (Lipinski definition) is 2. The highest BCUT2D eigenvalue weighted by molar-refractivity contribution is 7.12. The van der Waals surface area contributed by atoms with E-state index in [1.807, 2.05) is 11.3 Å². The first kappa shape index (κ1) is 8.27. The molecule has 1 nitrogen and oxygen atoms in total. The standard InChI is InChI=1S/C10H15NS/c1-7-2-5-10(12-7)9-4-3-8(9)6-11/h2,5,8-9H,3-4,6,11H2,1H3. The molecule has 0 spiro atoms.